The van der Waals surface area contributed by atoms with Crippen LogP contribution < -0.4 is 5.32 Å². The summed E-state index contributed by atoms with van der Waals surface area (Å²) in [5, 5.41) is 13.2. The number of carboxylic acids is 1. The van der Waals surface area contributed by atoms with Gasteiger partial charge in [0.25, 0.3) is 0 Å². The third-order valence-electron chi connectivity index (χ3n) is 5.79. The van der Waals surface area contributed by atoms with Crippen LogP contribution in [-0.2, 0) is 17.8 Å². The lowest BCUT2D eigenvalue weighted by Crippen LogP contribution is -2.24. The SMILES string of the molecule is O=C(Cc1nc2c(Cl)c(-c3ccccc3)c(-c3ccccc3)cc2s1)NCc1cccc(C(=O)O)c1. The molecule has 178 valence electrons. The Morgan fingerprint density at radius 3 is 2.28 bits per heavy atom. The number of aromatic carboxylic acids is 1. The Balaban J connectivity index is 1.44. The van der Waals surface area contributed by atoms with Crippen LogP contribution in [0.1, 0.15) is 20.9 Å². The van der Waals surface area contributed by atoms with Gasteiger partial charge >= 0.3 is 5.97 Å². The molecule has 0 bridgehead atoms. The van der Waals surface area contributed by atoms with Gasteiger partial charge in [-0.1, -0.05) is 84.4 Å². The van der Waals surface area contributed by atoms with E-state index < -0.39 is 5.97 Å². The van der Waals surface area contributed by atoms with Gasteiger partial charge in [0.2, 0.25) is 5.91 Å². The van der Waals surface area contributed by atoms with E-state index in [1.807, 2.05) is 48.5 Å². The van der Waals surface area contributed by atoms with E-state index in [9.17, 15) is 9.59 Å². The molecular formula is C29H21ClN2O3S. The number of carbonyl (C=O) groups is 2. The number of nitrogens with zero attached hydrogens (tertiary/aromatic N) is 1. The normalized spacial score (nSPS) is 10.9. The third-order valence-corrected chi connectivity index (χ3v) is 7.16. The Hall–Kier alpha value is -4.00. The number of hydrogen-bond acceptors (Lipinski definition) is 4. The molecular weight excluding hydrogens is 492 g/mol. The van der Waals surface area contributed by atoms with Gasteiger partial charge in [0.15, 0.2) is 0 Å². The van der Waals surface area contributed by atoms with Crippen molar-refractivity contribution in [2.24, 2.45) is 0 Å². The second-order valence-corrected chi connectivity index (χ2v) is 9.75. The smallest absolute Gasteiger partial charge is 0.335 e. The molecule has 7 heteroatoms. The minimum atomic E-state index is -1.00. The van der Waals surface area contributed by atoms with Gasteiger partial charge in [-0.05, 0) is 40.5 Å². The first-order chi connectivity index (χ1) is 17.5. The monoisotopic (exact) mass is 512 g/mol. The first-order valence-electron chi connectivity index (χ1n) is 11.3. The van der Waals surface area contributed by atoms with Gasteiger partial charge in [-0.3, -0.25) is 4.79 Å². The van der Waals surface area contributed by atoms with E-state index in [4.69, 9.17) is 21.7 Å². The number of carbonyl (C=O) groups excluding carboxylic acids is 1. The Bertz CT molecular complexity index is 1570. The second-order valence-electron chi connectivity index (χ2n) is 8.26. The highest BCUT2D eigenvalue weighted by Crippen LogP contribution is 2.43. The molecule has 1 aromatic heterocycles. The molecule has 2 N–H and O–H groups in total. The molecule has 5 rings (SSSR count). The van der Waals surface area contributed by atoms with Crippen LogP contribution in [0.15, 0.2) is 91.0 Å². The van der Waals surface area contributed by atoms with Crippen LogP contribution in [0.5, 0.6) is 0 Å². The van der Waals surface area contributed by atoms with Crippen molar-refractivity contribution < 1.29 is 14.7 Å². The quantitative estimate of drug-likeness (QED) is 0.250. The summed E-state index contributed by atoms with van der Waals surface area (Å²) in [6.45, 7) is 0.238. The number of carboxylic acid groups (broad SMARTS) is 1. The number of thiazole rings is 1. The van der Waals surface area contributed by atoms with Gasteiger partial charge in [0.05, 0.1) is 21.7 Å². The highest BCUT2D eigenvalue weighted by atomic mass is 35.5. The average molecular weight is 513 g/mol. The zero-order valence-corrected chi connectivity index (χ0v) is 20.6. The fraction of sp³-hybridized carbons (Fsp3) is 0.0690. The summed E-state index contributed by atoms with van der Waals surface area (Å²) in [4.78, 5) is 28.5. The molecule has 0 saturated carbocycles. The van der Waals surface area contributed by atoms with Crippen molar-refractivity contribution in [3.63, 3.8) is 0 Å². The number of amides is 1. The van der Waals surface area contributed by atoms with Crippen LogP contribution in [0.4, 0.5) is 0 Å². The Morgan fingerprint density at radius 2 is 1.58 bits per heavy atom. The maximum Gasteiger partial charge on any atom is 0.335 e. The molecule has 1 amide bonds. The first kappa shape index (κ1) is 23.7. The number of rotatable bonds is 7. The Labute approximate surface area is 217 Å². The number of benzene rings is 4. The fourth-order valence-electron chi connectivity index (χ4n) is 4.10. The second kappa shape index (κ2) is 10.3. The molecule has 0 spiro atoms. The van der Waals surface area contributed by atoms with Crippen LogP contribution in [0.25, 0.3) is 32.5 Å². The van der Waals surface area contributed by atoms with Crippen molar-refractivity contribution in [3.05, 3.63) is 112 Å². The largest absolute Gasteiger partial charge is 0.478 e. The van der Waals surface area contributed by atoms with E-state index in [0.717, 1.165) is 32.5 Å². The van der Waals surface area contributed by atoms with Crippen molar-refractivity contribution in [1.82, 2.24) is 10.3 Å². The molecule has 5 nitrogen and oxygen atoms in total. The Kier molecular flexibility index (Phi) is 6.80. The molecule has 0 unspecified atom stereocenters. The summed E-state index contributed by atoms with van der Waals surface area (Å²) in [7, 11) is 0. The highest BCUT2D eigenvalue weighted by molar-refractivity contribution is 7.18. The van der Waals surface area contributed by atoms with Gasteiger partial charge in [-0.25, -0.2) is 9.78 Å². The van der Waals surface area contributed by atoms with Crippen molar-refractivity contribution in [1.29, 1.82) is 0 Å². The maximum atomic E-state index is 12.6. The van der Waals surface area contributed by atoms with Crippen molar-refractivity contribution in [2.75, 3.05) is 0 Å². The molecule has 4 aromatic carbocycles. The lowest BCUT2D eigenvalue weighted by Gasteiger charge is -2.13. The first-order valence-corrected chi connectivity index (χ1v) is 12.5. The third kappa shape index (κ3) is 5.00. The molecule has 0 fully saturated rings. The number of nitrogens with one attached hydrogen (secondary N) is 1. The standard InChI is InChI=1S/C29H21ClN2O3S/c30-27-26(20-11-5-2-6-12-20)22(19-9-3-1-4-10-19)15-23-28(27)32-25(36-23)16-24(33)31-17-18-8-7-13-21(14-18)29(34)35/h1-15H,16-17H2,(H,31,33)(H,34,35). The highest BCUT2D eigenvalue weighted by Gasteiger charge is 2.19. The van der Waals surface area contributed by atoms with Crippen LogP contribution >= 0.6 is 22.9 Å². The van der Waals surface area contributed by atoms with E-state index >= 15 is 0 Å². The van der Waals surface area contributed by atoms with Gasteiger partial charge in [0.1, 0.15) is 10.5 Å². The number of fused-ring (bicyclic) bond motifs is 1. The van der Waals surface area contributed by atoms with Gasteiger partial charge < -0.3 is 10.4 Å². The van der Waals surface area contributed by atoms with E-state index in [2.05, 4.69) is 23.5 Å². The molecule has 0 aliphatic carbocycles. The van der Waals surface area contributed by atoms with E-state index in [-0.39, 0.29) is 24.4 Å². The minimum Gasteiger partial charge on any atom is -0.478 e. The van der Waals surface area contributed by atoms with Crippen LogP contribution in [0, 0.1) is 0 Å². The molecule has 0 aliphatic rings. The summed E-state index contributed by atoms with van der Waals surface area (Å²) >= 11 is 8.40. The van der Waals surface area contributed by atoms with Crippen molar-refractivity contribution in [2.45, 2.75) is 13.0 Å². The number of halogens is 1. The molecule has 5 aromatic rings. The van der Waals surface area contributed by atoms with Gasteiger partial charge in [-0.2, -0.15) is 0 Å². The molecule has 1 heterocycles. The van der Waals surface area contributed by atoms with E-state index in [0.29, 0.717) is 15.5 Å². The molecule has 0 atom stereocenters. The Morgan fingerprint density at radius 1 is 0.889 bits per heavy atom. The minimum absolute atomic E-state index is 0.107. The van der Waals surface area contributed by atoms with Gasteiger partial charge in [0, 0.05) is 12.1 Å². The summed E-state index contributed by atoms with van der Waals surface area (Å²) in [6, 6.07) is 28.7. The summed E-state index contributed by atoms with van der Waals surface area (Å²) in [6.07, 6.45) is 0.107. The van der Waals surface area contributed by atoms with Crippen molar-refractivity contribution >= 4 is 45.0 Å². The number of hydrogen-bond donors (Lipinski definition) is 2. The molecule has 0 saturated heterocycles. The zero-order chi connectivity index (χ0) is 25.1. The summed E-state index contributed by atoms with van der Waals surface area (Å²) in [5.74, 6) is -1.20. The van der Waals surface area contributed by atoms with Crippen LogP contribution in [0.3, 0.4) is 0 Å². The molecule has 0 aliphatic heterocycles. The predicted octanol–water partition coefficient (Wildman–Crippen LogP) is 6.84. The van der Waals surface area contributed by atoms with E-state index in [1.165, 1.54) is 17.4 Å². The van der Waals surface area contributed by atoms with Crippen LogP contribution in [0.2, 0.25) is 5.02 Å². The number of aromatic nitrogens is 1. The molecule has 0 radical (unpaired) electrons. The predicted molar refractivity (Wildman–Crippen MR) is 144 cm³/mol. The van der Waals surface area contributed by atoms with Crippen LogP contribution in [-0.4, -0.2) is 22.0 Å². The topological polar surface area (TPSA) is 79.3 Å². The zero-order valence-electron chi connectivity index (χ0n) is 19.1. The summed E-state index contributed by atoms with van der Waals surface area (Å²) in [5.41, 5.74) is 5.56. The lowest BCUT2D eigenvalue weighted by molar-refractivity contribution is -0.120. The summed E-state index contributed by atoms with van der Waals surface area (Å²) < 4.78 is 0.912. The lowest BCUT2D eigenvalue weighted by atomic mass is 9.94. The van der Waals surface area contributed by atoms with E-state index in [1.54, 1.807) is 18.2 Å². The maximum absolute atomic E-state index is 12.6. The molecule has 36 heavy (non-hydrogen) atoms. The fourth-order valence-corrected chi connectivity index (χ4v) is 5.52. The van der Waals surface area contributed by atoms with Crippen molar-refractivity contribution in [3.8, 4) is 22.3 Å². The van der Waals surface area contributed by atoms with Gasteiger partial charge in [-0.15, -0.1) is 11.3 Å². The average Bonchev–Trinajstić information content (AvgIpc) is 3.31.